The highest BCUT2D eigenvalue weighted by Crippen LogP contribution is 2.31. The van der Waals surface area contributed by atoms with Gasteiger partial charge in [-0.1, -0.05) is 6.92 Å². The number of hydrogen-bond donors (Lipinski definition) is 1. The molecule has 1 unspecified atom stereocenters. The highest BCUT2D eigenvalue weighted by atomic mass is 19.1. The molecule has 39 heavy (non-hydrogen) atoms. The van der Waals surface area contributed by atoms with E-state index in [1.165, 1.54) is 34.9 Å². The van der Waals surface area contributed by atoms with E-state index in [2.05, 4.69) is 21.4 Å². The van der Waals surface area contributed by atoms with Crippen molar-refractivity contribution in [1.82, 2.24) is 24.9 Å². The van der Waals surface area contributed by atoms with Gasteiger partial charge in [0, 0.05) is 14.1 Å². The zero-order chi connectivity index (χ0) is 29.1. The van der Waals surface area contributed by atoms with E-state index < -0.39 is 23.5 Å². The van der Waals surface area contributed by atoms with E-state index in [1.54, 1.807) is 40.9 Å². The van der Waals surface area contributed by atoms with E-state index in [0.717, 1.165) is 0 Å². The molecular formula is C27H32FN7O4. The molecule has 0 aliphatic heterocycles. The first kappa shape index (κ1) is 29.0. The number of nitrogens with two attached hydrogens (primary N) is 1. The van der Waals surface area contributed by atoms with Crippen LogP contribution in [-0.4, -0.2) is 56.7 Å². The summed E-state index contributed by atoms with van der Waals surface area (Å²) in [7, 11) is 4.44. The summed E-state index contributed by atoms with van der Waals surface area (Å²) in [5, 5.41) is 22.6. The first-order valence-electron chi connectivity index (χ1n) is 12.2. The van der Waals surface area contributed by atoms with Crippen LogP contribution in [0.4, 0.5) is 15.0 Å². The third-order valence-corrected chi connectivity index (χ3v) is 5.96. The van der Waals surface area contributed by atoms with Crippen LogP contribution in [0, 0.1) is 17.1 Å². The number of benzene rings is 1. The van der Waals surface area contributed by atoms with Crippen molar-refractivity contribution < 1.29 is 23.5 Å². The Morgan fingerprint density at radius 2 is 1.95 bits per heavy atom. The van der Waals surface area contributed by atoms with Crippen molar-refractivity contribution in [2.24, 2.45) is 7.05 Å². The molecule has 12 heteroatoms. The summed E-state index contributed by atoms with van der Waals surface area (Å²) >= 11 is 0. The van der Waals surface area contributed by atoms with Gasteiger partial charge in [0.05, 0.1) is 36.2 Å². The molecule has 3 aromatic rings. The second-order valence-corrected chi connectivity index (χ2v) is 10.2. The molecular weight excluding hydrogens is 505 g/mol. The molecule has 11 nitrogen and oxygen atoms in total. The summed E-state index contributed by atoms with van der Waals surface area (Å²) in [5.74, 6) is -1.27. The maximum atomic E-state index is 14.1. The van der Waals surface area contributed by atoms with Gasteiger partial charge in [0.2, 0.25) is 0 Å². The Morgan fingerprint density at radius 1 is 1.26 bits per heavy atom. The Kier molecular flexibility index (Phi) is 8.54. The third kappa shape index (κ3) is 6.67. The number of nitrogen functional groups attached to an aromatic ring is 1. The minimum atomic E-state index is -0.681. The number of rotatable bonds is 7. The van der Waals surface area contributed by atoms with Crippen molar-refractivity contribution in [2.75, 3.05) is 19.9 Å². The zero-order valence-electron chi connectivity index (χ0n) is 23.1. The van der Waals surface area contributed by atoms with Crippen molar-refractivity contribution in [3.63, 3.8) is 0 Å². The van der Waals surface area contributed by atoms with Gasteiger partial charge in [0.25, 0.3) is 0 Å². The average molecular weight is 538 g/mol. The molecule has 0 spiro atoms. The topological polar surface area (TPSA) is 149 Å². The van der Waals surface area contributed by atoms with E-state index >= 15 is 0 Å². The lowest BCUT2D eigenvalue weighted by Gasteiger charge is -2.24. The van der Waals surface area contributed by atoms with Gasteiger partial charge in [-0.15, -0.1) is 10.2 Å². The third-order valence-electron chi connectivity index (χ3n) is 5.96. The largest absolute Gasteiger partial charge is 0.465 e. The number of carbonyl (C=O) groups is 2. The smallest absolute Gasteiger partial charge is 0.410 e. The summed E-state index contributed by atoms with van der Waals surface area (Å²) in [6, 6.07) is 7.69. The zero-order valence-corrected chi connectivity index (χ0v) is 23.1. The summed E-state index contributed by atoms with van der Waals surface area (Å²) in [6.07, 6.45) is -0.260. The highest BCUT2D eigenvalue weighted by molar-refractivity contribution is 5.91. The molecule has 0 radical (unpaired) electrons. The number of methoxy groups -OCH3 is 1. The van der Waals surface area contributed by atoms with Gasteiger partial charge >= 0.3 is 12.1 Å². The molecule has 0 aliphatic carbocycles. The van der Waals surface area contributed by atoms with Crippen molar-refractivity contribution in [3.8, 4) is 17.3 Å². The van der Waals surface area contributed by atoms with Gasteiger partial charge in [0.1, 0.15) is 29.0 Å². The molecule has 1 aromatic carbocycles. The standard InChI is InChI=1S/C27H32FN7O4/c1-15(19-12-17(28)8-9-18(19)25(36)38-7)10-16-11-20(31-32-24(16)30)23-21(33-35(6)22(23)13-29)14-34(5)26(37)39-27(2,3)4/h8-9,11-12,15H,10,14H2,1-7H3,(H2,30,32). The number of anilines is 1. The Morgan fingerprint density at radius 3 is 2.56 bits per heavy atom. The molecule has 2 aromatic heterocycles. The quantitative estimate of drug-likeness (QED) is 0.442. The fraction of sp³-hybridized carbons (Fsp3) is 0.407. The minimum Gasteiger partial charge on any atom is -0.465 e. The van der Waals surface area contributed by atoms with Gasteiger partial charge < -0.3 is 20.1 Å². The average Bonchev–Trinajstić information content (AvgIpc) is 3.18. The summed E-state index contributed by atoms with van der Waals surface area (Å²) < 4.78 is 25.8. The van der Waals surface area contributed by atoms with Crippen molar-refractivity contribution in [1.29, 1.82) is 5.26 Å². The van der Waals surface area contributed by atoms with Crippen LogP contribution in [0.2, 0.25) is 0 Å². The molecule has 1 atom stereocenters. The fourth-order valence-electron chi connectivity index (χ4n) is 4.12. The SMILES string of the molecule is COC(=O)c1ccc(F)cc1C(C)Cc1cc(-c2c(CN(C)C(=O)OC(C)(C)C)nn(C)c2C#N)nnc1N. The highest BCUT2D eigenvalue weighted by Gasteiger charge is 2.26. The predicted octanol–water partition coefficient (Wildman–Crippen LogP) is 3.97. The van der Waals surface area contributed by atoms with Gasteiger partial charge in [-0.25, -0.2) is 14.0 Å². The molecule has 206 valence electrons. The normalized spacial score (nSPS) is 12.0. The second-order valence-electron chi connectivity index (χ2n) is 10.2. The van der Waals surface area contributed by atoms with Gasteiger partial charge in [-0.05, 0) is 68.5 Å². The monoisotopic (exact) mass is 537 g/mol. The van der Waals surface area contributed by atoms with Gasteiger partial charge in [-0.2, -0.15) is 10.4 Å². The van der Waals surface area contributed by atoms with Crippen LogP contribution in [-0.2, 0) is 29.5 Å². The Labute approximate surface area is 226 Å². The van der Waals surface area contributed by atoms with Gasteiger partial charge in [-0.3, -0.25) is 4.68 Å². The number of nitrogens with zero attached hydrogens (tertiary/aromatic N) is 6. The first-order chi connectivity index (χ1) is 18.2. The number of halogens is 1. The van der Waals surface area contributed by atoms with E-state index in [0.29, 0.717) is 28.1 Å². The number of aryl methyl sites for hydroxylation is 1. The van der Waals surface area contributed by atoms with Crippen LogP contribution < -0.4 is 5.73 Å². The molecule has 3 rings (SSSR count). The molecule has 0 aliphatic rings. The van der Waals surface area contributed by atoms with Crippen LogP contribution in [0.25, 0.3) is 11.3 Å². The number of amides is 1. The van der Waals surface area contributed by atoms with Crippen LogP contribution in [0.1, 0.15) is 66.5 Å². The summed E-state index contributed by atoms with van der Waals surface area (Å²) in [4.78, 5) is 26.2. The summed E-state index contributed by atoms with van der Waals surface area (Å²) in [6.45, 7) is 7.17. The van der Waals surface area contributed by atoms with Crippen molar-refractivity contribution in [2.45, 2.75) is 52.2 Å². The Hall–Kier alpha value is -4.53. The number of nitriles is 1. The molecule has 0 fully saturated rings. The fourth-order valence-corrected chi connectivity index (χ4v) is 4.12. The lowest BCUT2D eigenvalue weighted by atomic mass is 9.90. The number of ether oxygens (including phenoxy) is 2. The van der Waals surface area contributed by atoms with Crippen LogP contribution in [0.5, 0.6) is 0 Å². The van der Waals surface area contributed by atoms with E-state index in [-0.39, 0.29) is 36.0 Å². The molecule has 2 N–H and O–H groups in total. The Balaban J connectivity index is 2.00. The molecule has 0 saturated carbocycles. The van der Waals surface area contributed by atoms with E-state index in [4.69, 9.17) is 15.2 Å². The van der Waals surface area contributed by atoms with E-state index in [1.807, 2.05) is 6.92 Å². The molecule has 2 heterocycles. The maximum Gasteiger partial charge on any atom is 0.410 e. The van der Waals surface area contributed by atoms with Crippen molar-refractivity contribution >= 4 is 17.9 Å². The van der Waals surface area contributed by atoms with Crippen LogP contribution in [0.15, 0.2) is 24.3 Å². The number of carbonyl (C=O) groups excluding carboxylic acids is 2. The van der Waals surface area contributed by atoms with Crippen LogP contribution >= 0.6 is 0 Å². The number of hydrogen-bond acceptors (Lipinski definition) is 9. The Bertz CT molecular complexity index is 1440. The molecule has 0 saturated heterocycles. The number of esters is 1. The second kappa shape index (κ2) is 11.5. The van der Waals surface area contributed by atoms with Crippen LogP contribution in [0.3, 0.4) is 0 Å². The molecule has 1 amide bonds. The first-order valence-corrected chi connectivity index (χ1v) is 12.2. The predicted molar refractivity (Wildman–Crippen MR) is 141 cm³/mol. The lowest BCUT2D eigenvalue weighted by Crippen LogP contribution is -2.34. The van der Waals surface area contributed by atoms with E-state index in [9.17, 15) is 19.2 Å². The minimum absolute atomic E-state index is 0.0450. The van der Waals surface area contributed by atoms with Gasteiger partial charge in [0.15, 0.2) is 0 Å². The molecule has 0 bridgehead atoms. The summed E-state index contributed by atoms with van der Waals surface area (Å²) in [5.41, 5.74) is 8.11. The lowest BCUT2D eigenvalue weighted by molar-refractivity contribution is 0.0283. The number of aromatic nitrogens is 4. The van der Waals surface area contributed by atoms with Crippen molar-refractivity contribution in [3.05, 3.63) is 58.2 Å². The maximum absolute atomic E-state index is 14.1.